The van der Waals surface area contributed by atoms with Gasteiger partial charge in [0.2, 0.25) is 10.9 Å². The number of hydrogen-bond acceptors (Lipinski definition) is 8. The van der Waals surface area contributed by atoms with Crippen molar-refractivity contribution in [1.82, 2.24) is 25.1 Å². The largest absolute Gasteiger partial charge is 0.384 e. The molecule has 9 nitrogen and oxygen atoms in total. The quantitative estimate of drug-likeness (QED) is 0.722. The SMILES string of the molecule is COCCc1nnc(NC(=O)c2cc(-c3cn(C)nc3C)no2)s1. The van der Waals surface area contributed by atoms with Crippen LogP contribution in [0, 0.1) is 6.92 Å². The van der Waals surface area contributed by atoms with Crippen LogP contribution in [0.1, 0.15) is 21.3 Å². The molecule has 1 N–H and O–H groups in total. The lowest BCUT2D eigenvalue weighted by atomic mass is 10.2. The van der Waals surface area contributed by atoms with E-state index in [9.17, 15) is 4.79 Å². The van der Waals surface area contributed by atoms with Crippen molar-refractivity contribution in [3.8, 4) is 11.3 Å². The summed E-state index contributed by atoms with van der Waals surface area (Å²) in [5, 5.41) is 19.9. The summed E-state index contributed by atoms with van der Waals surface area (Å²) in [4.78, 5) is 12.2. The molecule has 0 fully saturated rings. The zero-order valence-corrected chi connectivity index (χ0v) is 14.3. The first-order chi connectivity index (χ1) is 11.6. The Balaban J connectivity index is 1.70. The number of nitrogens with zero attached hydrogens (tertiary/aromatic N) is 5. The third kappa shape index (κ3) is 3.49. The molecule has 3 rings (SSSR count). The standard InChI is InChI=1S/C14H16N6O3S/c1-8-9(7-20(2)18-8)10-6-11(23-19-10)13(21)15-14-17-16-12(24-14)4-5-22-3/h6-7H,4-5H2,1-3H3,(H,15,17,21). The second-order valence-electron chi connectivity index (χ2n) is 5.08. The number of methoxy groups -OCH3 is 1. The minimum atomic E-state index is -0.426. The fourth-order valence-corrected chi connectivity index (χ4v) is 2.83. The molecule has 0 bridgehead atoms. The molecule has 24 heavy (non-hydrogen) atoms. The predicted octanol–water partition coefficient (Wildman–Crippen LogP) is 1.68. The highest BCUT2D eigenvalue weighted by Gasteiger charge is 2.18. The van der Waals surface area contributed by atoms with Gasteiger partial charge >= 0.3 is 0 Å². The van der Waals surface area contributed by atoms with Crippen molar-refractivity contribution in [2.24, 2.45) is 7.05 Å². The number of nitrogens with one attached hydrogen (secondary N) is 1. The molecule has 0 aliphatic carbocycles. The van der Waals surface area contributed by atoms with Crippen LogP contribution in [0.4, 0.5) is 5.13 Å². The first-order valence-electron chi connectivity index (χ1n) is 7.17. The molecular formula is C14H16N6O3S. The lowest BCUT2D eigenvalue weighted by molar-refractivity contribution is 0.0988. The van der Waals surface area contributed by atoms with Crippen LogP contribution in [0.3, 0.4) is 0 Å². The average molecular weight is 348 g/mol. The number of ether oxygens (including phenoxy) is 1. The Hall–Kier alpha value is -2.59. The number of aromatic nitrogens is 5. The fourth-order valence-electron chi connectivity index (χ4n) is 2.11. The second kappa shape index (κ2) is 6.89. The van der Waals surface area contributed by atoms with Gasteiger partial charge in [-0.25, -0.2) is 0 Å². The van der Waals surface area contributed by atoms with Crippen molar-refractivity contribution in [2.75, 3.05) is 19.0 Å². The molecule has 0 atom stereocenters. The van der Waals surface area contributed by atoms with Crippen molar-refractivity contribution in [3.63, 3.8) is 0 Å². The first-order valence-corrected chi connectivity index (χ1v) is 7.98. The zero-order chi connectivity index (χ0) is 17.1. The van der Waals surface area contributed by atoms with Crippen LogP contribution < -0.4 is 5.32 Å². The molecule has 0 saturated heterocycles. The molecule has 126 valence electrons. The molecule has 10 heteroatoms. The number of anilines is 1. The predicted molar refractivity (Wildman–Crippen MR) is 86.9 cm³/mol. The van der Waals surface area contributed by atoms with Gasteiger partial charge in [0.15, 0.2) is 0 Å². The molecule has 0 unspecified atom stereocenters. The Morgan fingerprint density at radius 3 is 3.00 bits per heavy atom. The second-order valence-corrected chi connectivity index (χ2v) is 6.14. The lowest BCUT2D eigenvalue weighted by Gasteiger charge is -1.95. The number of carbonyl (C=O) groups is 1. The van der Waals surface area contributed by atoms with Gasteiger partial charge in [-0.15, -0.1) is 10.2 Å². The monoisotopic (exact) mass is 348 g/mol. The summed E-state index contributed by atoms with van der Waals surface area (Å²) in [6, 6.07) is 1.58. The van der Waals surface area contributed by atoms with Crippen LogP contribution in [0.25, 0.3) is 11.3 Å². The van der Waals surface area contributed by atoms with E-state index in [4.69, 9.17) is 9.26 Å². The van der Waals surface area contributed by atoms with E-state index in [1.165, 1.54) is 11.3 Å². The van der Waals surface area contributed by atoms with E-state index in [2.05, 4.69) is 25.8 Å². The van der Waals surface area contributed by atoms with E-state index in [1.807, 2.05) is 20.2 Å². The molecule has 0 saturated carbocycles. The summed E-state index contributed by atoms with van der Waals surface area (Å²) in [6.07, 6.45) is 2.47. The Morgan fingerprint density at radius 1 is 1.46 bits per heavy atom. The minimum Gasteiger partial charge on any atom is -0.384 e. The molecule has 0 aliphatic rings. The summed E-state index contributed by atoms with van der Waals surface area (Å²) in [7, 11) is 3.44. The van der Waals surface area contributed by atoms with Gasteiger partial charge in [0.1, 0.15) is 10.7 Å². The maximum atomic E-state index is 12.2. The number of aryl methyl sites for hydroxylation is 2. The molecule has 3 heterocycles. The first kappa shape index (κ1) is 16.3. The van der Waals surface area contributed by atoms with E-state index in [1.54, 1.807) is 17.9 Å². The van der Waals surface area contributed by atoms with Crippen molar-refractivity contribution >= 4 is 22.4 Å². The van der Waals surface area contributed by atoms with Crippen LogP contribution in [-0.2, 0) is 18.2 Å². The van der Waals surface area contributed by atoms with Crippen LogP contribution >= 0.6 is 11.3 Å². The smallest absolute Gasteiger partial charge is 0.296 e. The minimum absolute atomic E-state index is 0.0990. The third-order valence-electron chi connectivity index (χ3n) is 3.23. The van der Waals surface area contributed by atoms with Crippen molar-refractivity contribution in [2.45, 2.75) is 13.3 Å². The Labute approximate surface area is 141 Å². The number of hydrogen-bond donors (Lipinski definition) is 1. The summed E-state index contributed by atoms with van der Waals surface area (Å²) in [6.45, 7) is 2.42. The van der Waals surface area contributed by atoms with Gasteiger partial charge in [-0.05, 0) is 6.92 Å². The maximum Gasteiger partial charge on any atom is 0.296 e. The van der Waals surface area contributed by atoms with Crippen molar-refractivity contribution in [1.29, 1.82) is 0 Å². The molecule has 0 aliphatic heterocycles. The third-order valence-corrected chi connectivity index (χ3v) is 4.13. The van der Waals surface area contributed by atoms with Crippen LogP contribution in [0.2, 0.25) is 0 Å². The van der Waals surface area contributed by atoms with E-state index in [-0.39, 0.29) is 5.76 Å². The molecule has 3 aromatic heterocycles. The molecular weight excluding hydrogens is 332 g/mol. The average Bonchev–Trinajstić information content (AvgIpc) is 3.25. The molecule has 0 radical (unpaired) electrons. The van der Waals surface area contributed by atoms with Crippen molar-refractivity contribution in [3.05, 3.63) is 28.7 Å². The van der Waals surface area contributed by atoms with Gasteiger partial charge in [-0.2, -0.15) is 5.10 Å². The molecule has 1 amide bonds. The van der Waals surface area contributed by atoms with Gasteiger partial charge in [0.05, 0.1) is 12.3 Å². The van der Waals surface area contributed by atoms with Crippen LogP contribution in [0.5, 0.6) is 0 Å². The highest BCUT2D eigenvalue weighted by molar-refractivity contribution is 7.15. The van der Waals surface area contributed by atoms with Gasteiger partial charge < -0.3 is 9.26 Å². The van der Waals surface area contributed by atoms with Crippen molar-refractivity contribution < 1.29 is 14.1 Å². The van der Waals surface area contributed by atoms with E-state index >= 15 is 0 Å². The maximum absolute atomic E-state index is 12.2. The molecule has 0 spiro atoms. The fraction of sp³-hybridized carbons (Fsp3) is 0.357. The number of rotatable bonds is 6. The number of carbonyl (C=O) groups excluding carboxylic acids is 1. The van der Waals surface area contributed by atoms with Gasteiger partial charge in [0, 0.05) is 38.4 Å². The Morgan fingerprint density at radius 2 is 2.29 bits per heavy atom. The summed E-state index contributed by atoms with van der Waals surface area (Å²) in [5.41, 5.74) is 2.19. The lowest BCUT2D eigenvalue weighted by Crippen LogP contribution is -2.10. The van der Waals surface area contributed by atoms with Gasteiger partial charge in [-0.1, -0.05) is 16.5 Å². The van der Waals surface area contributed by atoms with E-state index in [0.29, 0.717) is 23.9 Å². The van der Waals surface area contributed by atoms with E-state index in [0.717, 1.165) is 16.3 Å². The van der Waals surface area contributed by atoms with Crippen LogP contribution in [0.15, 0.2) is 16.8 Å². The Kier molecular flexibility index (Phi) is 4.67. The normalized spacial score (nSPS) is 11.0. The number of amides is 1. The zero-order valence-electron chi connectivity index (χ0n) is 13.4. The summed E-state index contributed by atoms with van der Waals surface area (Å²) in [5.74, 6) is -0.327. The highest BCUT2D eigenvalue weighted by atomic mass is 32.1. The molecule has 3 aromatic rings. The molecule has 0 aromatic carbocycles. The Bertz CT molecular complexity index is 852. The van der Waals surface area contributed by atoms with E-state index < -0.39 is 5.91 Å². The summed E-state index contributed by atoms with van der Waals surface area (Å²) < 4.78 is 11.8. The van der Waals surface area contributed by atoms with Gasteiger partial charge in [0.25, 0.3) is 5.91 Å². The van der Waals surface area contributed by atoms with Gasteiger partial charge in [-0.3, -0.25) is 14.8 Å². The summed E-state index contributed by atoms with van der Waals surface area (Å²) >= 11 is 1.30. The highest BCUT2D eigenvalue weighted by Crippen LogP contribution is 2.23. The topological polar surface area (TPSA) is 108 Å². The van der Waals surface area contributed by atoms with Crippen LogP contribution in [-0.4, -0.2) is 44.8 Å².